The Balaban J connectivity index is 1.65. The van der Waals surface area contributed by atoms with Crippen LogP contribution in [0.25, 0.3) is 0 Å². The van der Waals surface area contributed by atoms with Gasteiger partial charge < -0.3 is 5.32 Å². The predicted octanol–water partition coefficient (Wildman–Crippen LogP) is 3.23. The molecule has 1 spiro atoms. The molecular weight excluding hydrogens is 244 g/mol. The lowest BCUT2D eigenvalue weighted by atomic mass is 9.89. The smallest absolute Gasteiger partial charge is 0.0334 e. The first-order valence-electron chi connectivity index (χ1n) is 8.35. The first-order valence-corrected chi connectivity index (χ1v) is 8.35. The zero-order valence-electron chi connectivity index (χ0n) is 12.8. The Kier molecular flexibility index (Phi) is 4.42. The van der Waals surface area contributed by atoms with Crippen molar-refractivity contribution in [3.05, 3.63) is 35.9 Å². The summed E-state index contributed by atoms with van der Waals surface area (Å²) in [7, 11) is 0. The molecule has 1 aliphatic heterocycles. The van der Waals surface area contributed by atoms with Gasteiger partial charge in [0.25, 0.3) is 0 Å². The Labute approximate surface area is 123 Å². The molecule has 0 amide bonds. The number of piperazine rings is 1. The van der Waals surface area contributed by atoms with Gasteiger partial charge in [-0.15, -0.1) is 0 Å². The second-order valence-electron chi connectivity index (χ2n) is 6.65. The monoisotopic (exact) mass is 272 g/mol. The molecule has 1 aliphatic carbocycles. The van der Waals surface area contributed by atoms with Crippen molar-refractivity contribution in [1.29, 1.82) is 0 Å². The van der Waals surface area contributed by atoms with Crippen molar-refractivity contribution in [3.8, 4) is 0 Å². The molecule has 1 saturated carbocycles. The lowest BCUT2D eigenvalue weighted by Gasteiger charge is -2.48. The molecule has 1 atom stereocenters. The van der Waals surface area contributed by atoms with Gasteiger partial charge in [0.2, 0.25) is 0 Å². The highest BCUT2D eigenvalue weighted by molar-refractivity contribution is 5.17. The summed E-state index contributed by atoms with van der Waals surface area (Å²) < 4.78 is 0. The average molecular weight is 272 g/mol. The predicted molar refractivity (Wildman–Crippen MR) is 85.0 cm³/mol. The summed E-state index contributed by atoms with van der Waals surface area (Å²) in [5.41, 5.74) is 1.95. The molecule has 1 saturated heterocycles. The van der Waals surface area contributed by atoms with Gasteiger partial charge in [-0.2, -0.15) is 0 Å². The van der Waals surface area contributed by atoms with Crippen LogP contribution in [0.5, 0.6) is 0 Å². The molecule has 2 heteroatoms. The normalized spacial score (nSPS) is 26.1. The molecule has 1 aromatic carbocycles. The first-order chi connectivity index (χ1) is 9.82. The zero-order chi connectivity index (χ0) is 13.8. The molecule has 110 valence electrons. The minimum Gasteiger partial charge on any atom is -0.311 e. The molecule has 1 heterocycles. The topological polar surface area (TPSA) is 15.3 Å². The summed E-state index contributed by atoms with van der Waals surface area (Å²) >= 11 is 0. The molecule has 0 bridgehead atoms. The molecule has 2 fully saturated rings. The minimum atomic E-state index is 0.489. The third kappa shape index (κ3) is 2.91. The van der Waals surface area contributed by atoms with Crippen molar-refractivity contribution >= 4 is 0 Å². The van der Waals surface area contributed by atoms with Crippen LogP contribution >= 0.6 is 0 Å². The van der Waals surface area contributed by atoms with Gasteiger partial charge in [-0.1, -0.05) is 50.1 Å². The molecule has 20 heavy (non-hydrogen) atoms. The van der Waals surface area contributed by atoms with Crippen LogP contribution in [-0.2, 0) is 6.42 Å². The summed E-state index contributed by atoms with van der Waals surface area (Å²) in [6.07, 6.45) is 8.09. The van der Waals surface area contributed by atoms with Gasteiger partial charge in [0.1, 0.15) is 0 Å². The molecule has 0 radical (unpaired) electrons. The Morgan fingerprint density at radius 2 is 1.95 bits per heavy atom. The van der Waals surface area contributed by atoms with E-state index in [1.165, 1.54) is 57.3 Å². The van der Waals surface area contributed by atoms with E-state index in [0.717, 1.165) is 6.42 Å². The van der Waals surface area contributed by atoms with Crippen LogP contribution in [0, 0.1) is 0 Å². The van der Waals surface area contributed by atoms with Crippen LogP contribution < -0.4 is 5.32 Å². The molecule has 0 aromatic heterocycles. The van der Waals surface area contributed by atoms with Crippen molar-refractivity contribution < 1.29 is 0 Å². The van der Waals surface area contributed by atoms with Crippen LogP contribution in [-0.4, -0.2) is 36.1 Å². The quantitative estimate of drug-likeness (QED) is 0.905. The third-order valence-corrected chi connectivity index (χ3v) is 5.18. The van der Waals surface area contributed by atoms with Gasteiger partial charge in [-0.05, 0) is 37.8 Å². The van der Waals surface area contributed by atoms with Crippen LogP contribution in [0.3, 0.4) is 0 Å². The second kappa shape index (κ2) is 6.28. The molecule has 1 unspecified atom stereocenters. The zero-order valence-corrected chi connectivity index (χ0v) is 12.8. The van der Waals surface area contributed by atoms with E-state index in [9.17, 15) is 0 Å². The Morgan fingerprint density at radius 1 is 1.20 bits per heavy atom. The lowest BCUT2D eigenvalue weighted by molar-refractivity contribution is 0.0431. The fourth-order valence-electron chi connectivity index (χ4n) is 4.13. The lowest BCUT2D eigenvalue weighted by Crippen LogP contribution is -2.64. The maximum Gasteiger partial charge on any atom is 0.0334 e. The van der Waals surface area contributed by atoms with Crippen molar-refractivity contribution in [2.45, 2.75) is 57.0 Å². The average Bonchev–Trinajstić information content (AvgIpc) is 2.94. The van der Waals surface area contributed by atoms with Gasteiger partial charge in [-0.25, -0.2) is 0 Å². The minimum absolute atomic E-state index is 0.489. The Bertz CT molecular complexity index is 409. The van der Waals surface area contributed by atoms with E-state index < -0.39 is 0 Å². The summed E-state index contributed by atoms with van der Waals surface area (Å²) in [5, 5.41) is 3.85. The maximum atomic E-state index is 3.85. The summed E-state index contributed by atoms with van der Waals surface area (Å²) in [6.45, 7) is 6.01. The highest BCUT2D eigenvalue weighted by Crippen LogP contribution is 2.37. The summed E-state index contributed by atoms with van der Waals surface area (Å²) in [6, 6.07) is 11.5. The molecule has 3 rings (SSSR count). The number of hydrogen-bond donors (Lipinski definition) is 1. The molecule has 1 N–H and O–H groups in total. The van der Waals surface area contributed by atoms with Crippen molar-refractivity contribution in [2.75, 3.05) is 19.6 Å². The van der Waals surface area contributed by atoms with Crippen LogP contribution in [0.15, 0.2) is 30.3 Å². The second-order valence-corrected chi connectivity index (χ2v) is 6.65. The van der Waals surface area contributed by atoms with E-state index in [2.05, 4.69) is 47.5 Å². The van der Waals surface area contributed by atoms with Gasteiger partial charge in [0.05, 0.1) is 0 Å². The van der Waals surface area contributed by atoms with Gasteiger partial charge >= 0.3 is 0 Å². The third-order valence-electron chi connectivity index (χ3n) is 5.18. The van der Waals surface area contributed by atoms with E-state index in [1.807, 2.05) is 0 Å². The van der Waals surface area contributed by atoms with E-state index in [1.54, 1.807) is 0 Å². The number of nitrogens with one attached hydrogen (secondary N) is 1. The number of benzene rings is 1. The van der Waals surface area contributed by atoms with Gasteiger partial charge in [-0.3, -0.25) is 4.90 Å². The Morgan fingerprint density at radius 3 is 2.65 bits per heavy atom. The molecule has 2 aliphatic rings. The summed E-state index contributed by atoms with van der Waals surface area (Å²) in [5.74, 6) is 0. The molecule has 2 nitrogen and oxygen atoms in total. The molecule has 1 aromatic rings. The number of nitrogens with zero attached hydrogens (tertiary/aromatic N) is 1. The van der Waals surface area contributed by atoms with E-state index in [-0.39, 0.29) is 0 Å². The number of rotatable bonds is 4. The maximum absolute atomic E-state index is 3.85. The first kappa shape index (κ1) is 14.1. The fourth-order valence-corrected chi connectivity index (χ4v) is 4.13. The SMILES string of the molecule is CCCN1CC(Cc2ccccc2)NCC12CCCC2. The van der Waals surface area contributed by atoms with Crippen LogP contribution in [0.1, 0.15) is 44.6 Å². The highest BCUT2D eigenvalue weighted by atomic mass is 15.3. The van der Waals surface area contributed by atoms with Crippen LogP contribution in [0.2, 0.25) is 0 Å². The summed E-state index contributed by atoms with van der Waals surface area (Å²) in [4.78, 5) is 2.81. The fraction of sp³-hybridized carbons (Fsp3) is 0.667. The number of hydrogen-bond acceptors (Lipinski definition) is 2. The van der Waals surface area contributed by atoms with Crippen LogP contribution in [0.4, 0.5) is 0 Å². The van der Waals surface area contributed by atoms with Crippen molar-refractivity contribution in [2.24, 2.45) is 0 Å². The largest absolute Gasteiger partial charge is 0.311 e. The van der Waals surface area contributed by atoms with Gasteiger partial charge in [0.15, 0.2) is 0 Å². The standard InChI is InChI=1S/C18H28N2/c1-2-12-20-14-17(13-16-8-4-3-5-9-16)19-15-18(20)10-6-7-11-18/h3-5,8-9,17,19H,2,6-7,10-15H2,1H3. The van der Waals surface area contributed by atoms with E-state index >= 15 is 0 Å². The van der Waals surface area contributed by atoms with Gasteiger partial charge in [0, 0.05) is 24.7 Å². The highest BCUT2D eigenvalue weighted by Gasteiger charge is 2.42. The molecular formula is C18H28N2. The van der Waals surface area contributed by atoms with Crippen molar-refractivity contribution in [1.82, 2.24) is 10.2 Å². The van der Waals surface area contributed by atoms with E-state index in [4.69, 9.17) is 0 Å². The van der Waals surface area contributed by atoms with E-state index in [0.29, 0.717) is 11.6 Å². The Hall–Kier alpha value is -0.860. The van der Waals surface area contributed by atoms with Crippen molar-refractivity contribution in [3.63, 3.8) is 0 Å².